The Kier molecular flexibility index (Phi) is 3.17. The molecular weight excluding hydrogens is 237 g/mol. The van der Waals surface area contributed by atoms with Gasteiger partial charge in [-0.15, -0.1) is 11.3 Å². The van der Waals surface area contributed by atoms with Crippen molar-refractivity contribution in [3.63, 3.8) is 0 Å². The van der Waals surface area contributed by atoms with E-state index in [1.165, 1.54) is 23.3 Å². The van der Waals surface area contributed by atoms with Gasteiger partial charge in [-0.25, -0.2) is 0 Å². The van der Waals surface area contributed by atoms with Crippen molar-refractivity contribution in [1.82, 2.24) is 0 Å². The summed E-state index contributed by atoms with van der Waals surface area (Å²) < 4.78 is 1.43. The first-order chi connectivity index (χ1) is 6.68. The van der Waals surface area contributed by atoms with Crippen molar-refractivity contribution in [2.24, 2.45) is 5.73 Å². The minimum absolute atomic E-state index is 0.0613. The summed E-state index contributed by atoms with van der Waals surface area (Å²) in [6.45, 7) is 0. The van der Waals surface area contributed by atoms with E-state index in [2.05, 4.69) is 6.08 Å². The number of hydrogen-bond donors (Lipinski definition) is 1. The number of allylic oxidation sites excluding steroid dienone is 1. The number of rotatable bonds is 2. The monoisotopic (exact) mass is 247 g/mol. The van der Waals surface area contributed by atoms with Crippen LogP contribution in [0.4, 0.5) is 0 Å². The summed E-state index contributed by atoms with van der Waals surface area (Å²) in [5, 5.41) is 0. The van der Waals surface area contributed by atoms with Gasteiger partial charge in [0.1, 0.15) is 0 Å². The molecule has 2 rings (SSSR count). The maximum Gasteiger partial charge on any atom is 0.0995 e. The van der Waals surface area contributed by atoms with E-state index < -0.39 is 0 Å². The van der Waals surface area contributed by atoms with Gasteiger partial charge in [0.2, 0.25) is 0 Å². The second-order valence-electron chi connectivity index (χ2n) is 3.43. The van der Waals surface area contributed by atoms with Crippen LogP contribution in [-0.2, 0) is 0 Å². The zero-order chi connectivity index (χ0) is 10.1. The lowest BCUT2D eigenvalue weighted by Gasteiger charge is -2.11. The maximum absolute atomic E-state index is 6.11. The molecule has 4 heteroatoms. The molecule has 14 heavy (non-hydrogen) atoms. The van der Waals surface area contributed by atoms with E-state index in [4.69, 9.17) is 28.9 Å². The molecule has 76 valence electrons. The van der Waals surface area contributed by atoms with Gasteiger partial charge in [0.05, 0.1) is 14.7 Å². The van der Waals surface area contributed by atoms with E-state index >= 15 is 0 Å². The molecule has 1 unspecified atom stereocenters. The van der Waals surface area contributed by atoms with Crippen LogP contribution in [0.2, 0.25) is 8.67 Å². The first-order valence-corrected chi connectivity index (χ1v) is 6.15. The van der Waals surface area contributed by atoms with Gasteiger partial charge in [0.15, 0.2) is 0 Å². The quantitative estimate of drug-likeness (QED) is 0.781. The Labute approximate surface area is 97.5 Å². The lowest BCUT2D eigenvalue weighted by molar-refractivity contribution is 0.788. The molecule has 0 radical (unpaired) electrons. The van der Waals surface area contributed by atoms with Crippen LogP contribution in [0.3, 0.4) is 0 Å². The number of halogens is 2. The standard InChI is InChI=1S/C10H11Cl2NS/c11-8-5-7(10(12)14-8)9(13)6-3-1-2-4-6/h3,5,9H,1-2,4,13H2. The molecule has 1 atom stereocenters. The second-order valence-corrected chi connectivity index (χ2v) is 5.71. The summed E-state index contributed by atoms with van der Waals surface area (Å²) in [5.74, 6) is 0. The molecule has 0 saturated heterocycles. The Morgan fingerprint density at radius 3 is 2.71 bits per heavy atom. The summed E-state index contributed by atoms with van der Waals surface area (Å²) in [6, 6.07) is 1.81. The smallest absolute Gasteiger partial charge is 0.0995 e. The maximum atomic E-state index is 6.11. The third kappa shape index (κ3) is 1.98. The fourth-order valence-corrected chi connectivity index (χ4v) is 3.29. The van der Waals surface area contributed by atoms with Crippen molar-refractivity contribution in [3.05, 3.63) is 32.0 Å². The fraction of sp³-hybridized carbons (Fsp3) is 0.400. The number of nitrogens with two attached hydrogens (primary N) is 1. The van der Waals surface area contributed by atoms with Crippen molar-refractivity contribution < 1.29 is 0 Å². The lowest BCUT2D eigenvalue weighted by Crippen LogP contribution is -2.11. The van der Waals surface area contributed by atoms with Crippen molar-refractivity contribution in [1.29, 1.82) is 0 Å². The Bertz CT molecular complexity index is 370. The molecule has 1 aromatic heterocycles. The van der Waals surface area contributed by atoms with Crippen LogP contribution in [0.15, 0.2) is 17.7 Å². The average Bonchev–Trinajstić information content (AvgIpc) is 2.73. The zero-order valence-corrected chi connectivity index (χ0v) is 9.92. The first-order valence-electron chi connectivity index (χ1n) is 4.57. The number of hydrogen-bond acceptors (Lipinski definition) is 2. The molecule has 0 spiro atoms. The zero-order valence-electron chi connectivity index (χ0n) is 7.59. The predicted octanol–water partition coefficient (Wildman–Crippen LogP) is 4.17. The normalized spacial score (nSPS) is 18.4. The van der Waals surface area contributed by atoms with Crippen LogP contribution in [0.25, 0.3) is 0 Å². The summed E-state index contributed by atoms with van der Waals surface area (Å²) in [4.78, 5) is 0. The molecule has 1 aromatic rings. The van der Waals surface area contributed by atoms with E-state index in [1.54, 1.807) is 0 Å². The molecular formula is C10H11Cl2NS. The Hall–Kier alpha value is -0.0200. The average molecular weight is 248 g/mol. The van der Waals surface area contributed by atoms with Crippen molar-refractivity contribution in [2.75, 3.05) is 0 Å². The van der Waals surface area contributed by atoms with Gasteiger partial charge >= 0.3 is 0 Å². The van der Waals surface area contributed by atoms with Gasteiger partial charge < -0.3 is 5.73 Å². The molecule has 1 nitrogen and oxygen atoms in total. The molecule has 2 N–H and O–H groups in total. The lowest BCUT2D eigenvalue weighted by atomic mass is 10.0. The molecule has 0 bridgehead atoms. The fourth-order valence-electron chi connectivity index (χ4n) is 1.74. The highest BCUT2D eigenvalue weighted by atomic mass is 35.5. The predicted molar refractivity (Wildman–Crippen MR) is 63.2 cm³/mol. The van der Waals surface area contributed by atoms with E-state index in [-0.39, 0.29) is 6.04 Å². The Morgan fingerprint density at radius 1 is 1.43 bits per heavy atom. The highest BCUT2D eigenvalue weighted by Gasteiger charge is 2.19. The van der Waals surface area contributed by atoms with Gasteiger partial charge in [-0.2, -0.15) is 0 Å². The topological polar surface area (TPSA) is 26.0 Å². The van der Waals surface area contributed by atoms with Crippen molar-refractivity contribution in [3.8, 4) is 0 Å². The summed E-state index contributed by atoms with van der Waals surface area (Å²) in [6.07, 6.45) is 5.65. The molecule has 0 saturated carbocycles. The van der Waals surface area contributed by atoms with Crippen LogP contribution in [0, 0.1) is 0 Å². The van der Waals surface area contributed by atoms with Gasteiger partial charge in [0.25, 0.3) is 0 Å². The van der Waals surface area contributed by atoms with E-state index in [1.807, 2.05) is 6.07 Å². The van der Waals surface area contributed by atoms with E-state index in [9.17, 15) is 0 Å². The SMILES string of the molecule is NC(C1=CCCC1)c1cc(Cl)sc1Cl. The third-order valence-corrected chi connectivity index (χ3v) is 4.01. The molecule has 0 fully saturated rings. The van der Waals surface area contributed by atoms with Gasteiger partial charge in [0, 0.05) is 5.56 Å². The van der Waals surface area contributed by atoms with Crippen LogP contribution >= 0.6 is 34.5 Å². The summed E-state index contributed by atoms with van der Waals surface area (Å²) in [7, 11) is 0. The van der Waals surface area contributed by atoms with Gasteiger partial charge in [-0.3, -0.25) is 0 Å². The molecule has 0 aromatic carbocycles. The molecule has 0 amide bonds. The minimum Gasteiger partial charge on any atom is -0.320 e. The van der Waals surface area contributed by atoms with E-state index in [0.29, 0.717) is 4.34 Å². The third-order valence-electron chi connectivity index (χ3n) is 2.49. The molecule has 1 heterocycles. The van der Waals surface area contributed by atoms with Crippen LogP contribution in [0.1, 0.15) is 30.9 Å². The Balaban J connectivity index is 2.25. The minimum atomic E-state index is -0.0613. The molecule has 0 aliphatic heterocycles. The summed E-state index contributed by atoms with van der Waals surface area (Å²) >= 11 is 13.3. The number of thiophene rings is 1. The van der Waals surface area contributed by atoms with E-state index in [0.717, 1.165) is 22.7 Å². The second kappa shape index (κ2) is 4.23. The van der Waals surface area contributed by atoms with Gasteiger partial charge in [-0.1, -0.05) is 34.9 Å². The van der Waals surface area contributed by atoms with Crippen LogP contribution < -0.4 is 5.73 Å². The first kappa shape index (κ1) is 10.5. The van der Waals surface area contributed by atoms with Crippen LogP contribution in [0.5, 0.6) is 0 Å². The highest BCUT2D eigenvalue weighted by Crippen LogP contribution is 2.38. The van der Waals surface area contributed by atoms with Crippen LogP contribution in [-0.4, -0.2) is 0 Å². The molecule has 1 aliphatic carbocycles. The molecule has 1 aliphatic rings. The highest BCUT2D eigenvalue weighted by molar-refractivity contribution is 7.20. The Morgan fingerprint density at radius 2 is 2.21 bits per heavy atom. The van der Waals surface area contributed by atoms with Gasteiger partial charge in [-0.05, 0) is 25.3 Å². The van der Waals surface area contributed by atoms with Crippen molar-refractivity contribution >= 4 is 34.5 Å². The largest absolute Gasteiger partial charge is 0.320 e. The van der Waals surface area contributed by atoms with Crippen molar-refractivity contribution in [2.45, 2.75) is 25.3 Å². The summed E-state index contributed by atoms with van der Waals surface area (Å²) in [5.41, 5.74) is 8.37.